The third kappa shape index (κ3) is 10.8. The van der Waals surface area contributed by atoms with Crippen LogP contribution in [0, 0.1) is 5.92 Å². The Morgan fingerprint density at radius 1 is 0.967 bits per heavy atom. The van der Waals surface area contributed by atoms with Gasteiger partial charge in [-0.05, 0) is 50.2 Å². The highest BCUT2D eigenvalue weighted by Gasteiger charge is 2.31. The molecule has 0 radical (unpaired) electrons. The lowest BCUT2D eigenvalue weighted by Crippen LogP contribution is -2.58. The Morgan fingerprint density at radius 2 is 1.63 bits per heavy atom. The first-order valence-corrected chi connectivity index (χ1v) is 11.6. The molecule has 0 aliphatic heterocycles. The van der Waals surface area contributed by atoms with Gasteiger partial charge in [0.05, 0.1) is 6.54 Å². The minimum atomic E-state index is -1.12. The van der Waals surface area contributed by atoms with Gasteiger partial charge in [0, 0.05) is 0 Å². The van der Waals surface area contributed by atoms with Gasteiger partial charge in [-0.25, -0.2) is 4.79 Å². The molecule has 3 amide bonds. The number of carbonyl (C=O) groups is 4. The lowest BCUT2D eigenvalue weighted by atomic mass is 9.97. The second-order valence-electron chi connectivity index (χ2n) is 7.16. The Hall–Kier alpha value is -1.85. The summed E-state index contributed by atoms with van der Waals surface area (Å²) in [7, 11) is 0. The fourth-order valence-electron chi connectivity index (χ4n) is 2.73. The Balaban J connectivity index is 5.32. The van der Waals surface area contributed by atoms with Crippen molar-refractivity contribution in [2.24, 2.45) is 17.4 Å². The van der Waals surface area contributed by atoms with Crippen LogP contribution in [-0.2, 0) is 19.2 Å². The van der Waals surface area contributed by atoms with Gasteiger partial charge in [-0.15, -0.1) is 0 Å². The van der Waals surface area contributed by atoms with Gasteiger partial charge in [-0.2, -0.15) is 11.8 Å². The summed E-state index contributed by atoms with van der Waals surface area (Å²) >= 11 is 1.48. The molecule has 0 aromatic carbocycles. The molecule has 174 valence electrons. The minimum absolute atomic E-state index is 0.237. The third-order valence-corrected chi connectivity index (χ3v) is 5.45. The maximum absolute atomic E-state index is 12.8. The number of hydrogen-bond donors (Lipinski definition) is 6. The second-order valence-corrected chi connectivity index (χ2v) is 8.15. The number of carbonyl (C=O) groups excluding carboxylic acids is 3. The molecular formula is C19H37N5O5S. The molecule has 0 saturated heterocycles. The Bertz CT molecular complexity index is 563. The highest BCUT2D eigenvalue weighted by molar-refractivity contribution is 7.98. The van der Waals surface area contributed by atoms with Crippen LogP contribution >= 0.6 is 11.8 Å². The molecule has 0 aromatic heterocycles. The van der Waals surface area contributed by atoms with E-state index in [1.165, 1.54) is 11.8 Å². The predicted octanol–water partition coefficient (Wildman–Crippen LogP) is -0.588. The number of hydrogen-bond acceptors (Lipinski definition) is 7. The molecule has 0 heterocycles. The van der Waals surface area contributed by atoms with E-state index in [4.69, 9.17) is 11.5 Å². The van der Waals surface area contributed by atoms with Crippen LogP contribution in [0.4, 0.5) is 0 Å². The molecule has 0 saturated carbocycles. The van der Waals surface area contributed by atoms with E-state index < -0.39 is 41.8 Å². The normalized spacial score (nSPS) is 14.8. The molecule has 0 bridgehead atoms. The summed E-state index contributed by atoms with van der Waals surface area (Å²) in [6.45, 7) is 3.87. The van der Waals surface area contributed by atoms with Gasteiger partial charge < -0.3 is 32.5 Å². The van der Waals surface area contributed by atoms with Crippen molar-refractivity contribution in [2.75, 3.05) is 25.1 Å². The average Bonchev–Trinajstić information content (AvgIpc) is 2.72. The Labute approximate surface area is 182 Å². The van der Waals surface area contributed by atoms with E-state index >= 15 is 0 Å². The van der Waals surface area contributed by atoms with Crippen molar-refractivity contribution in [3.63, 3.8) is 0 Å². The van der Waals surface area contributed by atoms with Crippen LogP contribution in [0.2, 0.25) is 0 Å². The van der Waals surface area contributed by atoms with Crippen LogP contribution in [0.15, 0.2) is 0 Å². The number of rotatable bonds is 16. The number of thioether (sulfide) groups is 1. The van der Waals surface area contributed by atoms with E-state index in [1.807, 2.05) is 13.2 Å². The summed E-state index contributed by atoms with van der Waals surface area (Å²) in [6.07, 6.45) is 4.38. The van der Waals surface area contributed by atoms with Gasteiger partial charge in [0.2, 0.25) is 17.7 Å². The number of unbranched alkanes of at least 4 members (excludes halogenated alkanes) is 1. The highest BCUT2D eigenvalue weighted by Crippen LogP contribution is 2.11. The standard InChI is InChI=1S/C19H37N5O5S/c1-4-12(2)16(18(27)23-14(19(28)29)8-10-30-3)24-17(26)13(7-5-6-9-20)22-15(25)11-21/h12-14,16H,4-11,20-21H2,1-3H3,(H,22,25)(H,23,27)(H,24,26)(H,28,29). The molecule has 0 rings (SSSR count). The van der Waals surface area contributed by atoms with E-state index in [9.17, 15) is 24.3 Å². The summed E-state index contributed by atoms with van der Waals surface area (Å²) in [6, 6.07) is -2.81. The summed E-state index contributed by atoms with van der Waals surface area (Å²) in [5.41, 5.74) is 10.8. The fourth-order valence-corrected chi connectivity index (χ4v) is 3.20. The first kappa shape index (κ1) is 28.1. The largest absolute Gasteiger partial charge is 0.480 e. The van der Waals surface area contributed by atoms with E-state index in [-0.39, 0.29) is 18.9 Å². The van der Waals surface area contributed by atoms with Crippen LogP contribution in [0.1, 0.15) is 46.0 Å². The smallest absolute Gasteiger partial charge is 0.326 e. The van der Waals surface area contributed by atoms with Crippen molar-refractivity contribution < 1.29 is 24.3 Å². The summed E-state index contributed by atoms with van der Waals surface area (Å²) in [4.78, 5) is 48.8. The van der Waals surface area contributed by atoms with Crippen molar-refractivity contribution >= 4 is 35.5 Å². The van der Waals surface area contributed by atoms with Gasteiger partial charge in [0.25, 0.3) is 0 Å². The Morgan fingerprint density at radius 3 is 2.13 bits per heavy atom. The SMILES string of the molecule is CCC(C)C(NC(=O)C(CCCCN)NC(=O)CN)C(=O)NC(CCSC)C(=O)O. The van der Waals surface area contributed by atoms with E-state index in [2.05, 4.69) is 16.0 Å². The zero-order valence-corrected chi connectivity index (χ0v) is 18.9. The molecule has 11 heteroatoms. The molecule has 0 aliphatic rings. The minimum Gasteiger partial charge on any atom is -0.480 e. The predicted molar refractivity (Wildman–Crippen MR) is 118 cm³/mol. The number of nitrogens with one attached hydrogen (secondary N) is 3. The fraction of sp³-hybridized carbons (Fsp3) is 0.789. The van der Waals surface area contributed by atoms with E-state index in [0.717, 1.165) is 0 Å². The van der Waals surface area contributed by atoms with Crippen molar-refractivity contribution in [2.45, 2.75) is 64.1 Å². The molecule has 30 heavy (non-hydrogen) atoms. The second kappa shape index (κ2) is 15.9. The van der Waals surface area contributed by atoms with E-state index in [0.29, 0.717) is 38.0 Å². The maximum Gasteiger partial charge on any atom is 0.326 e. The summed E-state index contributed by atoms with van der Waals surface area (Å²) in [5, 5.41) is 17.1. The number of amides is 3. The summed E-state index contributed by atoms with van der Waals surface area (Å²) < 4.78 is 0. The summed E-state index contributed by atoms with van der Waals surface area (Å²) in [5.74, 6) is -2.33. The van der Waals surface area contributed by atoms with Crippen molar-refractivity contribution in [1.29, 1.82) is 0 Å². The lowest BCUT2D eigenvalue weighted by molar-refractivity contribution is -0.142. The van der Waals surface area contributed by atoms with Gasteiger partial charge in [0.15, 0.2) is 0 Å². The van der Waals surface area contributed by atoms with Gasteiger partial charge >= 0.3 is 5.97 Å². The van der Waals surface area contributed by atoms with Gasteiger partial charge in [-0.1, -0.05) is 20.3 Å². The maximum atomic E-state index is 12.8. The van der Waals surface area contributed by atoms with Crippen LogP contribution in [-0.4, -0.2) is 72.0 Å². The molecule has 8 N–H and O–H groups in total. The average molecular weight is 448 g/mol. The van der Waals surface area contributed by atoms with Crippen LogP contribution < -0.4 is 27.4 Å². The monoisotopic (exact) mass is 447 g/mol. The highest BCUT2D eigenvalue weighted by atomic mass is 32.2. The molecule has 4 unspecified atom stereocenters. The van der Waals surface area contributed by atoms with Crippen LogP contribution in [0.3, 0.4) is 0 Å². The first-order valence-electron chi connectivity index (χ1n) is 10.2. The van der Waals surface area contributed by atoms with Crippen LogP contribution in [0.25, 0.3) is 0 Å². The van der Waals surface area contributed by atoms with E-state index in [1.54, 1.807) is 6.92 Å². The molecular weight excluding hydrogens is 410 g/mol. The molecule has 0 aliphatic carbocycles. The first-order chi connectivity index (χ1) is 14.2. The number of aliphatic carboxylic acids is 1. The molecule has 0 fully saturated rings. The zero-order chi connectivity index (χ0) is 23.1. The molecule has 0 spiro atoms. The molecule has 4 atom stereocenters. The van der Waals surface area contributed by atoms with Crippen LogP contribution in [0.5, 0.6) is 0 Å². The molecule has 10 nitrogen and oxygen atoms in total. The van der Waals surface area contributed by atoms with Crippen molar-refractivity contribution in [1.82, 2.24) is 16.0 Å². The number of nitrogens with two attached hydrogens (primary N) is 2. The molecule has 0 aromatic rings. The Kier molecular flexibility index (Phi) is 14.9. The number of carboxylic acids is 1. The van der Waals surface area contributed by atoms with Gasteiger partial charge in [0.1, 0.15) is 18.1 Å². The van der Waals surface area contributed by atoms with Crippen molar-refractivity contribution in [3.8, 4) is 0 Å². The lowest BCUT2D eigenvalue weighted by Gasteiger charge is -2.27. The number of carboxylic acid groups (broad SMARTS) is 1. The third-order valence-electron chi connectivity index (χ3n) is 4.80. The zero-order valence-electron chi connectivity index (χ0n) is 18.1. The quantitative estimate of drug-likeness (QED) is 0.170. The van der Waals surface area contributed by atoms with Crippen molar-refractivity contribution in [3.05, 3.63) is 0 Å². The topological polar surface area (TPSA) is 177 Å². The van der Waals surface area contributed by atoms with Gasteiger partial charge in [-0.3, -0.25) is 14.4 Å².